The van der Waals surface area contributed by atoms with E-state index in [1.54, 1.807) is 48.6 Å². The largest absolute Gasteiger partial charge is 0.369 e. The smallest absolute Gasteiger partial charge is 0.278 e. The van der Waals surface area contributed by atoms with Crippen LogP contribution in [0.25, 0.3) is 5.65 Å². The average molecular weight is 470 g/mol. The van der Waals surface area contributed by atoms with Crippen molar-refractivity contribution in [2.45, 2.75) is 24.8 Å². The van der Waals surface area contributed by atoms with Gasteiger partial charge in [-0.15, -0.1) is 0 Å². The van der Waals surface area contributed by atoms with E-state index < -0.39 is 35.3 Å². The minimum atomic E-state index is -1.23. The van der Waals surface area contributed by atoms with Gasteiger partial charge in [-0.3, -0.25) is 9.79 Å². The molecule has 0 aliphatic heterocycles. The maximum absolute atomic E-state index is 14.7. The van der Waals surface area contributed by atoms with Crippen LogP contribution in [0.3, 0.4) is 0 Å². The second kappa shape index (κ2) is 9.28. The lowest BCUT2D eigenvalue weighted by Gasteiger charge is -2.29. The van der Waals surface area contributed by atoms with Gasteiger partial charge in [0.2, 0.25) is 0 Å². The molecule has 2 aromatic heterocycles. The predicted octanol–water partition coefficient (Wildman–Crippen LogP) is 3.32. The molecule has 0 saturated heterocycles. The fraction of sp³-hybridized carbons (Fsp3) is 0.333. The van der Waals surface area contributed by atoms with Crippen molar-refractivity contribution in [2.75, 3.05) is 28.2 Å². The molecule has 10 heteroatoms. The van der Waals surface area contributed by atoms with Crippen molar-refractivity contribution in [3.8, 4) is 0 Å². The SMILES string of the molecule is CN(C)C=NC(=O)c1ccn2c3c(nc2c1)C[C@H](c1cc(F)c(F)cc1F)[C@@H](N=CN(C)C)C3. The molecule has 178 valence electrons. The predicted molar refractivity (Wildman–Crippen MR) is 124 cm³/mol. The molecule has 0 fully saturated rings. The second-order valence-corrected chi connectivity index (χ2v) is 8.76. The van der Waals surface area contributed by atoms with Crippen LogP contribution >= 0.6 is 0 Å². The third-order valence-electron chi connectivity index (χ3n) is 5.67. The Morgan fingerprint density at radius 3 is 2.44 bits per heavy atom. The zero-order valence-corrected chi connectivity index (χ0v) is 19.3. The number of halogens is 3. The number of rotatable bonds is 5. The Balaban J connectivity index is 1.75. The van der Waals surface area contributed by atoms with Crippen molar-refractivity contribution in [3.63, 3.8) is 0 Å². The van der Waals surface area contributed by atoms with E-state index >= 15 is 0 Å². The Kier molecular flexibility index (Phi) is 6.41. The average Bonchev–Trinajstić information content (AvgIpc) is 3.14. The van der Waals surface area contributed by atoms with Crippen LogP contribution in [0.15, 0.2) is 40.4 Å². The molecule has 1 aliphatic rings. The standard InChI is InChI=1S/C24H25F3N6O/c1-31(2)12-28-20-11-22-21(9-16(20)15-8-18(26)19(27)10-17(15)25)30-23-7-14(5-6-33(22)23)24(34)29-13-32(3)4/h5-8,10,12-13,16,20H,9,11H2,1-4H3/t16-,20+/m1/s1. The van der Waals surface area contributed by atoms with Gasteiger partial charge < -0.3 is 14.2 Å². The first kappa shape index (κ1) is 23.5. The van der Waals surface area contributed by atoms with Crippen LogP contribution in [0.4, 0.5) is 13.2 Å². The minimum absolute atomic E-state index is 0.0661. The molecule has 1 aromatic carbocycles. The Bertz CT molecular complexity index is 1300. The van der Waals surface area contributed by atoms with Crippen molar-refractivity contribution in [1.82, 2.24) is 19.2 Å². The van der Waals surface area contributed by atoms with Gasteiger partial charge in [0.1, 0.15) is 11.5 Å². The lowest BCUT2D eigenvalue weighted by molar-refractivity contribution is 0.100. The van der Waals surface area contributed by atoms with Crippen LogP contribution < -0.4 is 0 Å². The Morgan fingerprint density at radius 2 is 1.74 bits per heavy atom. The third-order valence-corrected chi connectivity index (χ3v) is 5.67. The molecule has 1 aliphatic carbocycles. The second-order valence-electron chi connectivity index (χ2n) is 8.76. The van der Waals surface area contributed by atoms with Gasteiger partial charge in [-0.1, -0.05) is 0 Å². The number of carbonyl (C=O) groups is 1. The quantitative estimate of drug-likeness (QED) is 0.326. The van der Waals surface area contributed by atoms with Crippen LogP contribution in [-0.4, -0.2) is 72.0 Å². The Hall–Kier alpha value is -3.69. The summed E-state index contributed by atoms with van der Waals surface area (Å²) in [6.07, 6.45) is 5.51. The van der Waals surface area contributed by atoms with E-state index in [0.29, 0.717) is 29.4 Å². The highest BCUT2D eigenvalue weighted by Gasteiger charge is 2.34. The fourth-order valence-corrected chi connectivity index (χ4v) is 4.10. The number of amides is 1. The van der Waals surface area contributed by atoms with Crippen LogP contribution in [0.5, 0.6) is 0 Å². The zero-order valence-electron chi connectivity index (χ0n) is 19.3. The number of fused-ring (bicyclic) bond motifs is 3. The van der Waals surface area contributed by atoms with E-state index in [9.17, 15) is 18.0 Å². The normalized spacial score (nSPS) is 18.1. The van der Waals surface area contributed by atoms with Crippen molar-refractivity contribution < 1.29 is 18.0 Å². The molecule has 3 aromatic rings. The topological polar surface area (TPSA) is 65.6 Å². The lowest BCUT2D eigenvalue weighted by atomic mass is 9.80. The molecule has 0 N–H and O–H groups in total. The molecule has 2 heterocycles. The summed E-state index contributed by atoms with van der Waals surface area (Å²) in [7, 11) is 7.17. The third kappa shape index (κ3) is 4.66. The molecule has 34 heavy (non-hydrogen) atoms. The Morgan fingerprint density at radius 1 is 1.03 bits per heavy atom. The lowest BCUT2D eigenvalue weighted by Crippen LogP contribution is -2.29. The number of imidazole rings is 1. The molecule has 0 spiro atoms. The van der Waals surface area contributed by atoms with Crippen LogP contribution in [-0.2, 0) is 12.8 Å². The van der Waals surface area contributed by atoms with E-state index in [0.717, 1.165) is 11.8 Å². The molecular formula is C24H25F3N6O. The summed E-state index contributed by atoms with van der Waals surface area (Å²) in [5, 5.41) is 0. The fourth-order valence-electron chi connectivity index (χ4n) is 4.10. The van der Waals surface area contributed by atoms with E-state index in [2.05, 4.69) is 15.0 Å². The molecule has 4 rings (SSSR count). The molecule has 0 unspecified atom stereocenters. The molecule has 0 bridgehead atoms. The van der Waals surface area contributed by atoms with Gasteiger partial charge in [0, 0.05) is 70.5 Å². The first-order chi connectivity index (χ1) is 16.1. The van der Waals surface area contributed by atoms with Gasteiger partial charge in [-0.05, 0) is 23.8 Å². The van der Waals surface area contributed by atoms with E-state index in [-0.39, 0.29) is 12.0 Å². The number of benzene rings is 1. The summed E-state index contributed by atoms with van der Waals surface area (Å²) >= 11 is 0. The number of aliphatic imine (C=N–C) groups is 2. The number of hydrogen-bond donors (Lipinski definition) is 0. The van der Waals surface area contributed by atoms with Gasteiger partial charge in [0.25, 0.3) is 5.91 Å². The maximum atomic E-state index is 14.7. The van der Waals surface area contributed by atoms with Gasteiger partial charge in [0.05, 0.1) is 24.4 Å². The molecule has 7 nitrogen and oxygen atoms in total. The Labute approximate surface area is 195 Å². The summed E-state index contributed by atoms with van der Waals surface area (Å²) in [6, 6.07) is 4.39. The zero-order chi connectivity index (χ0) is 24.6. The van der Waals surface area contributed by atoms with Gasteiger partial charge in [-0.2, -0.15) is 4.99 Å². The number of pyridine rings is 1. The summed E-state index contributed by atoms with van der Waals surface area (Å²) < 4.78 is 44.1. The molecule has 2 atom stereocenters. The monoisotopic (exact) mass is 470 g/mol. The molecular weight excluding hydrogens is 445 g/mol. The van der Waals surface area contributed by atoms with Gasteiger partial charge in [0.15, 0.2) is 11.6 Å². The summed E-state index contributed by atoms with van der Waals surface area (Å²) in [6.45, 7) is 0. The number of nitrogens with zero attached hydrogens (tertiary/aromatic N) is 6. The van der Waals surface area contributed by atoms with Gasteiger partial charge in [-0.25, -0.2) is 18.2 Å². The van der Waals surface area contributed by atoms with Gasteiger partial charge >= 0.3 is 0 Å². The van der Waals surface area contributed by atoms with E-state index in [4.69, 9.17) is 0 Å². The van der Waals surface area contributed by atoms with Crippen LogP contribution in [0.1, 0.15) is 33.2 Å². The van der Waals surface area contributed by atoms with E-state index in [1.165, 1.54) is 6.34 Å². The molecule has 1 amide bonds. The van der Waals surface area contributed by atoms with Crippen LogP contribution in [0, 0.1) is 17.5 Å². The van der Waals surface area contributed by atoms with Crippen molar-refractivity contribution in [2.24, 2.45) is 9.98 Å². The number of aromatic nitrogens is 2. The molecule has 0 radical (unpaired) electrons. The highest BCUT2D eigenvalue weighted by atomic mass is 19.2. The first-order valence-electron chi connectivity index (χ1n) is 10.7. The minimum Gasteiger partial charge on any atom is -0.369 e. The summed E-state index contributed by atoms with van der Waals surface area (Å²) in [5.74, 6) is -4.07. The summed E-state index contributed by atoms with van der Waals surface area (Å²) in [5.41, 5.74) is 2.59. The van der Waals surface area contributed by atoms with Crippen molar-refractivity contribution in [3.05, 3.63) is 70.4 Å². The summed E-state index contributed by atoms with van der Waals surface area (Å²) in [4.78, 5) is 29.0. The highest BCUT2D eigenvalue weighted by Crippen LogP contribution is 2.37. The van der Waals surface area contributed by atoms with Crippen LogP contribution in [0.2, 0.25) is 0 Å². The molecule has 0 saturated carbocycles. The number of carbonyl (C=O) groups excluding carboxylic acids is 1. The number of hydrogen-bond acceptors (Lipinski definition) is 3. The van der Waals surface area contributed by atoms with Crippen molar-refractivity contribution in [1.29, 1.82) is 0 Å². The first-order valence-corrected chi connectivity index (χ1v) is 10.7. The highest BCUT2D eigenvalue weighted by molar-refractivity contribution is 5.99. The maximum Gasteiger partial charge on any atom is 0.278 e. The van der Waals surface area contributed by atoms with E-state index in [1.807, 2.05) is 18.5 Å². The van der Waals surface area contributed by atoms with Crippen molar-refractivity contribution >= 4 is 24.2 Å².